The van der Waals surface area contributed by atoms with E-state index in [2.05, 4.69) is 26.1 Å². The molecule has 0 saturated carbocycles. The average molecular weight is 519 g/mol. The van der Waals surface area contributed by atoms with Crippen LogP contribution in [0.1, 0.15) is 70.8 Å². The number of hydrogen-bond acceptors (Lipinski definition) is 6. The summed E-state index contributed by atoms with van der Waals surface area (Å²) in [6, 6.07) is 14.4. The molecule has 1 heterocycles. The predicted molar refractivity (Wildman–Crippen MR) is 150 cm³/mol. The van der Waals surface area contributed by atoms with Crippen molar-refractivity contribution in [3.8, 4) is 5.75 Å². The monoisotopic (exact) mass is 518 g/mol. The van der Waals surface area contributed by atoms with Gasteiger partial charge in [-0.25, -0.2) is 9.79 Å². The maximum absolute atomic E-state index is 13.6. The van der Waals surface area contributed by atoms with Crippen molar-refractivity contribution in [2.24, 2.45) is 16.3 Å². The van der Waals surface area contributed by atoms with Gasteiger partial charge in [0, 0.05) is 16.8 Å². The zero-order valence-electron chi connectivity index (χ0n) is 22.1. The highest BCUT2D eigenvalue weighted by Crippen LogP contribution is 2.45. The Labute approximate surface area is 222 Å². The number of carbonyl (C=O) groups is 2. The van der Waals surface area contributed by atoms with Crippen molar-refractivity contribution < 1.29 is 19.1 Å². The molecule has 7 heteroatoms. The van der Waals surface area contributed by atoms with E-state index in [4.69, 9.17) is 14.5 Å². The molecule has 3 aromatic rings. The number of benzene rings is 2. The van der Waals surface area contributed by atoms with Gasteiger partial charge in [-0.1, -0.05) is 20.8 Å². The molecule has 0 unspecified atom stereocenters. The third-order valence-corrected chi connectivity index (χ3v) is 7.96. The van der Waals surface area contributed by atoms with Crippen molar-refractivity contribution in [3.63, 3.8) is 0 Å². The molecule has 0 saturated heterocycles. The maximum atomic E-state index is 13.6. The van der Waals surface area contributed by atoms with Gasteiger partial charge in [-0.2, -0.15) is 0 Å². The number of nitrogens with zero attached hydrogens (tertiary/aromatic N) is 1. The van der Waals surface area contributed by atoms with Crippen molar-refractivity contribution in [1.82, 2.24) is 0 Å². The maximum Gasteiger partial charge on any atom is 0.338 e. The molecule has 0 spiro atoms. The third-order valence-electron chi connectivity index (χ3n) is 6.80. The number of carbonyl (C=O) groups excluding carboxylic acids is 2. The first-order valence-electron chi connectivity index (χ1n) is 12.6. The zero-order chi connectivity index (χ0) is 26.6. The van der Waals surface area contributed by atoms with Gasteiger partial charge in [-0.3, -0.25) is 4.79 Å². The molecule has 4 rings (SSSR count). The number of esters is 1. The second-order valence-corrected chi connectivity index (χ2v) is 11.4. The van der Waals surface area contributed by atoms with E-state index >= 15 is 0 Å². The molecular formula is C30H34N2O4S. The minimum atomic E-state index is -0.379. The number of methoxy groups -OCH3 is 1. The van der Waals surface area contributed by atoms with E-state index in [1.54, 1.807) is 55.9 Å². The van der Waals surface area contributed by atoms with Gasteiger partial charge in [0.1, 0.15) is 10.8 Å². The molecule has 1 N–H and O–H groups in total. The van der Waals surface area contributed by atoms with Crippen LogP contribution in [0, 0.1) is 11.3 Å². The van der Waals surface area contributed by atoms with Gasteiger partial charge in [-0.05, 0) is 97.2 Å². The van der Waals surface area contributed by atoms with E-state index < -0.39 is 0 Å². The van der Waals surface area contributed by atoms with E-state index in [0.29, 0.717) is 29.3 Å². The molecule has 0 bridgehead atoms. The van der Waals surface area contributed by atoms with E-state index in [1.165, 1.54) is 4.88 Å². The zero-order valence-corrected chi connectivity index (χ0v) is 22.9. The summed E-state index contributed by atoms with van der Waals surface area (Å²) in [5, 5.41) is 3.73. The normalized spacial score (nSPS) is 15.3. The van der Waals surface area contributed by atoms with Crippen molar-refractivity contribution in [1.29, 1.82) is 0 Å². The van der Waals surface area contributed by atoms with Gasteiger partial charge in [0.2, 0.25) is 0 Å². The smallest absolute Gasteiger partial charge is 0.338 e. The Morgan fingerprint density at radius 1 is 1.11 bits per heavy atom. The van der Waals surface area contributed by atoms with Crippen LogP contribution in [0.4, 0.5) is 10.7 Å². The number of anilines is 1. The number of ether oxygens (including phenoxy) is 2. The summed E-state index contributed by atoms with van der Waals surface area (Å²) in [5.41, 5.74) is 3.95. The quantitative estimate of drug-likeness (QED) is 0.268. The molecule has 2 aromatic carbocycles. The summed E-state index contributed by atoms with van der Waals surface area (Å²) in [7, 11) is 1.64. The van der Waals surface area contributed by atoms with Gasteiger partial charge in [-0.15, -0.1) is 11.3 Å². The SMILES string of the molecule is CCOC(=O)c1ccc(NC(=O)c2c(N=Cc3ccc(OC)cc3)sc3c2CC[C@@H](C(C)(C)C)C3)cc1. The van der Waals surface area contributed by atoms with Crippen LogP contribution in [0.2, 0.25) is 0 Å². The lowest BCUT2D eigenvalue weighted by Gasteiger charge is -2.33. The topological polar surface area (TPSA) is 77.0 Å². The number of aliphatic imine (C=N–C) groups is 1. The van der Waals surface area contributed by atoms with Crippen molar-refractivity contribution in [2.75, 3.05) is 19.0 Å². The Morgan fingerprint density at radius 3 is 2.43 bits per heavy atom. The lowest BCUT2D eigenvalue weighted by Crippen LogP contribution is -2.27. The number of nitrogens with one attached hydrogen (secondary N) is 1. The first-order chi connectivity index (χ1) is 17.7. The van der Waals surface area contributed by atoms with Gasteiger partial charge in [0.05, 0.1) is 24.8 Å². The van der Waals surface area contributed by atoms with Crippen LogP contribution in [0.15, 0.2) is 53.5 Å². The van der Waals surface area contributed by atoms with E-state index in [9.17, 15) is 9.59 Å². The van der Waals surface area contributed by atoms with E-state index in [1.807, 2.05) is 24.3 Å². The highest BCUT2D eigenvalue weighted by Gasteiger charge is 2.33. The second-order valence-electron chi connectivity index (χ2n) is 10.3. The first kappa shape index (κ1) is 26.6. The number of amides is 1. The Balaban J connectivity index is 1.63. The molecule has 6 nitrogen and oxygen atoms in total. The Kier molecular flexibility index (Phi) is 8.13. The summed E-state index contributed by atoms with van der Waals surface area (Å²) < 4.78 is 10.3. The van der Waals surface area contributed by atoms with Crippen LogP contribution in [0.3, 0.4) is 0 Å². The summed E-state index contributed by atoms with van der Waals surface area (Å²) in [6.07, 6.45) is 4.65. The average Bonchev–Trinajstić information content (AvgIpc) is 3.25. The van der Waals surface area contributed by atoms with Crippen molar-refractivity contribution >= 4 is 40.1 Å². The van der Waals surface area contributed by atoms with Gasteiger partial charge >= 0.3 is 5.97 Å². The molecule has 1 amide bonds. The van der Waals surface area contributed by atoms with Crippen LogP contribution >= 0.6 is 11.3 Å². The van der Waals surface area contributed by atoms with Gasteiger partial charge in [0.25, 0.3) is 5.91 Å². The standard InChI is InChI=1S/C30H34N2O4S/c1-6-36-29(34)20-9-12-22(13-10-20)32-27(33)26-24-16-11-21(30(2,3)4)17-25(24)37-28(26)31-18-19-7-14-23(35-5)15-8-19/h7-10,12-15,18,21H,6,11,16-17H2,1-5H3,(H,32,33)/t21-/m1/s1. The molecule has 0 radical (unpaired) electrons. The predicted octanol–water partition coefficient (Wildman–Crippen LogP) is 7.09. The fourth-order valence-corrected chi connectivity index (χ4v) is 5.83. The lowest BCUT2D eigenvalue weighted by atomic mass is 9.72. The first-order valence-corrected chi connectivity index (χ1v) is 13.4. The molecule has 0 fully saturated rings. The molecule has 0 aliphatic heterocycles. The summed E-state index contributed by atoms with van der Waals surface area (Å²) in [6.45, 7) is 8.94. The van der Waals surface area contributed by atoms with Crippen LogP contribution in [0.25, 0.3) is 0 Å². The Hall–Kier alpha value is -3.45. The fourth-order valence-electron chi connectivity index (χ4n) is 4.56. The molecule has 1 aliphatic rings. The molecule has 1 aromatic heterocycles. The lowest BCUT2D eigenvalue weighted by molar-refractivity contribution is 0.0526. The molecule has 194 valence electrons. The Bertz CT molecular complexity index is 1280. The van der Waals surface area contributed by atoms with E-state index in [0.717, 1.165) is 41.1 Å². The van der Waals surface area contributed by atoms with Gasteiger partial charge in [0.15, 0.2) is 0 Å². The number of hydrogen-bond donors (Lipinski definition) is 1. The van der Waals surface area contributed by atoms with Gasteiger partial charge < -0.3 is 14.8 Å². The number of thiophene rings is 1. The molecule has 1 aliphatic carbocycles. The summed E-state index contributed by atoms with van der Waals surface area (Å²) >= 11 is 1.61. The highest BCUT2D eigenvalue weighted by molar-refractivity contribution is 7.16. The minimum Gasteiger partial charge on any atom is -0.497 e. The fraction of sp³-hybridized carbons (Fsp3) is 0.367. The molecule has 1 atom stereocenters. The minimum absolute atomic E-state index is 0.183. The third kappa shape index (κ3) is 6.28. The Morgan fingerprint density at radius 2 is 1.81 bits per heavy atom. The van der Waals surface area contributed by atoms with E-state index in [-0.39, 0.29) is 17.3 Å². The summed E-state index contributed by atoms with van der Waals surface area (Å²) in [4.78, 5) is 31.6. The van der Waals surface area contributed by atoms with Crippen LogP contribution in [0.5, 0.6) is 5.75 Å². The van der Waals surface area contributed by atoms with Crippen LogP contribution < -0.4 is 10.1 Å². The van der Waals surface area contributed by atoms with Crippen LogP contribution in [-0.2, 0) is 17.6 Å². The molecular weight excluding hydrogens is 484 g/mol. The van der Waals surface area contributed by atoms with Crippen molar-refractivity contribution in [3.05, 3.63) is 75.7 Å². The van der Waals surface area contributed by atoms with Crippen molar-refractivity contribution in [2.45, 2.75) is 47.0 Å². The largest absolute Gasteiger partial charge is 0.497 e. The highest BCUT2D eigenvalue weighted by atomic mass is 32.1. The molecule has 37 heavy (non-hydrogen) atoms. The summed E-state index contributed by atoms with van der Waals surface area (Å²) in [5.74, 6) is 0.780. The second kappa shape index (κ2) is 11.3. The number of rotatable bonds is 7. The number of fused-ring (bicyclic) bond motifs is 1. The van der Waals surface area contributed by atoms with Crippen LogP contribution in [-0.4, -0.2) is 31.8 Å².